The minimum absolute atomic E-state index is 0.0556. The minimum atomic E-state index is -0.283. The topological polar surface area (TPSA) is 74.6 Å². The first-order valence-corrected chi connectivity index (χ1v) is 6.33. The molecule has 2 N–H and O–H groups in total. The van der Waals surface area contributed by atoms with Gasteiger partial charge in [-0.25, -0.2) is 4.79 Å². The summed E-state index contributed by atoms with van der Waals surface area (Å²) in [4.78, 5) is 24.8. The summed E-state index contributed by atoms with van der Waals surface area (Å²) >= 11 is 0. The summed E-state index contributed by atoms with van der Waals surface area (Å²) in [6, 6.07) is 3.09. The highest BCUT2D eigenvalue weighted by Crippen LogP contribution is 2.15. The van der Waals surface area contributed by atoms with Gasteiger partial charge in [0.2, 0.25) is 5.91 Å². The maximum atomic E-state index is 11.8. The minimum Gasteiger partial charge on any atom is -0.464 e. The van der Waals surface area contributed by atoms with Gasteiger partial charge in [-0.2, -0.15) is 0 Å². The number of likely N-dealkylation sites (tertiary alicyclic amines) is 1. The summed E-state index contributed by atoms with van der Waals surface area (Å²) < 4.78 is 5.45. The Bertz CT molecular complexity index is 483. The first-order chi connectivity index (χ1) is 8.95. The van der Waals surface area contributed by atoms with Gasteiger partial charge in [-0.15, -0.1) is 0 Å². The van der Waals surface area contributed by atoms with Gasteiger partial charge in [0, 0.05) is 20.0 Å². The maximum Gasteiger partial charge on any atom is 0.315 e. The van der Waals surface area contributed by atoms with Gasteiger partial charge in [0.15, 0.2) is 0 Å². The van der Waals surface area contributed by atoms with Crippen LogP contribution in [0.1, 0.15) is 30.9 Å². The Morgan fingerprint density at radius 1 is 1.53 bits per heavy atom. The predicted molar refractivity (Wildman–Crippen MR) is 69.6 cm³/mol. The molecule has 1 aliphatic rings. The molecule has 0 bridgehead atoms. The van der Waals surface area contributed by atoms with Crippen LogP contribution in [0.4, 0.5) is 4.79 Å². The molecule has 6 heteroatoms. The van der Waals surface area contributed by atoms with E-state index in [4.69, 9.17) is 4.42 Å². The van der Waals surface area contributed by atoms with E-state index in [0.717, 1.165) is 5.76 Å². The molecule has 2 rings (SSSR count). The van der Waals surface area contributed by atoms with Crippen LogP contribution in [0.15, 0.2) is 16.5 Å². The normalized spacial score (nSPS) is 20.5. The van der Waals surface area contributed by atoms with Gasteiger partial charge < -0.3 is 20.0 Å². The highest BCUT2D eigenvalue weighted by Gasteiger charge is 2.28. The lowest BCUT2D eigenvalue weighted by Gasteiger charge is -2.16. The molecule has 104 valence electrons. The summed E-state index contributed by atoms with van der Waals surface area (Å²) in [5, 5.41) is 5.59. The third-order valence-electron chi connectivity index (χ3n) is 3.21. The average molecular weight is 265 g/mol. The van der Waals surface area contributed by atoms with Crippen LogP contribution < -0.4 is 10.6 Å². The Labute approximate surface area is 112 Å². The van der Waals surface area contributed by atoms with Gasteiger partial charge in [-0.3, -0.25) is 4.79 Å². The van der Waals surface area contributed by atoms with Crippen LogP contribution in [-0.2, 0) is 4.79 Å². The molecule has 1 aromatic rings. The number of hydrogen-bond donors (Lipinski definition) is 2. The van der Waals surface area contributed by atoms with Crippen molar-refractivity contribution in [3.63, 3.8) is 0 Å². The number of nitrogens with zero attached hydrogens (tertiary/aromatic N) is 1. The second-order valence-corrected chi connectivity index (χ2v) is 4.96. The number of likely N-dealkylation sites (N-methyl/N-ethyl adjacent to an activating group) is 1. The molecule has 2 heterocycles. The lowest BCUT2D eigenvalue weighted by molar-refractivity contribution is -0.126. The first kappa shape index (κ1) is 13.5. The third-order valence-corrected chi connectivity index (χ3v) is 3.21. The Morgan fingerprint density at radius 3 is 2.79 bits per heavy atom. The van der Waals surface area contributed by atoms with E-state index >= 15 is 0 Å². The summed E-state index contributed by atoms with van der Waals surface area (Å²) in [7, 11) is 1.73. The van der Waals surface area contributed by atoms with Gasteiger partial charge in [0.25, 0.3) is 0 Å². The van der Waals surface area contributed by atoms with Crippen molar-refractivity contribution >= 4 is 11.9 Å². The number of rotatable bonds is 3. The van der Waals surface area contributed by atoms with E-state index in [1.807, 2.05) is 26.0 Å². The van der Waals surface area contributed by atoms with Crippen molar-refractivity contribution in [1.29, 1.82) is 0 Å². The molecule has 0 spiro atoms. The number of nitrogens with one attached hydrogen (secondary N) is 2. The first-order valence-electron chi connectivity index (χ1n) is 6.33. The van der Waals surface area contributed by atoms with Crippen molar-refractivity contribution < 1.29 is 14.0 Å². The molecule has 0 unspecified atom stereocenters. The Balaban J connectivity index is 1.83. The zero-order valence-electron chi connectivity index (χ0n) is 11.4. The molecule has 0 aliphatic carbocycles. The van der Waals surface area contributed by atoms with Crippen molar-refractivity contribution in [2.24, 2.45) is 0 Å². The van der Waals surface area contributed by atoms with Crippen molar-refractivity contribution in [1.82, 2.24) is 15.5 Å². The largest absolute Gasteiger partial charge is 0.464 e. The molecule has 2 atom stereocenters. The number of aryl methyl sites for hydroxylation is 1. The van der Waals surface area contributed by atoms with Gasteiger partial charge in [-0.05, 0) is 26.0 Å². The summed E-state index contributed by atoms with van der Waals surface area (Å²) in [6.45, 7) is 4.26. The fourth-order valence-corrected chi connectivity index (χ4v) is 2.14. The van der Waals surface area contributed by atoms with E-state index in [1.54, 1.807) is 11.9 Å². The van der Waals surface area contributed by atoms with E-state index in [1.165, 1.54) is 0 Å². The number of furan rings is 1. The summed E-state index contributed by atoms with van der Waals surface area (Å²) in [5.41, 5.74) is 0. The molecule has 19 heavy (non-hydrogen) atoms. The van der Waals surface area contributed by atoms with Crippen LogP contribution in [0.2, 0.25) is 0 Å². The van der Waals surface area contributed by atoms with Crippen molar-refractivity contribution in [3.8, 4) is 0 Å². The molecule has 1 aromatic heterocycles. The average Bonchev–Trinajstić information content (AvgIpc) is 2.86. The number of urea groups is 1. The van der Waals surface area contributed by atoms with E-state index < -0.39 is 0 Å². The summed E-state index contributed by atoms with van der Waals surface area (Å²) in [5.74, 6) is 1.58. The molecule has 3 amide bonds. The molecule has 1 saturated heterocycles. The molecule has 0 aromatic carbocycles. The molecule has 0 radical (unpaired) electrons. The monoisotopic (exact) mass is 265 g/mol. The smallest absolute Gasteiger partial charge is 0.315 e. The van der Waals surface area contributed by atoms with E-state index in [2.05, 4.69) is 10.6 Å². The van der Waals surface area contributed by atoms with Gasteiger partial charge in [0.05, 0.1) is 12.1 Å². The van der Waals surface area contributed by atoms with E-state index in [0.29, 0.717) is 18.7 Å². The van der Waals surface area contributed by atoms with Crippen LogP contribution >= 0.6 is 0 Å². The van der Waals surface area contributed by atoms with Crippen LogP contribution in [-0.4, -0.2) is 36.5 Å². The van der Waals surface area contributed by atoms with Crippen molar-refractivity contribution in [3.05, 3.63) is 23.7 Å². The second-order valence-electron chi connectivity index (χ2n) is 4.96. The van der Waals surface area contributed by atoms with Crippen LogP contribution in [0.25, 0.3) is 0 Å². The Morgan fingerprint density at radius 2 is 2.26 bits per heavy atom. The quantitative estimate of drug-likeness (QED) is 0.861. The zero-order valence-corrected chi connectivity index (χ0v) is 11.4. The van der Waals surface area contributed by atoms with Crippen LogP contribution in [0.5, 0.6) is 0 Å². The fraction of sp³-hybridized carbons (Fsp3) is 0.538. The summed E-state index contributed by atoms with van der Waals surface area (Å²) in [6.07, 6.45) is 0.359. The highest BCUT2D eigenvalue weighted by molar-refractivity contribution is 5.81. The Hall–Kier alpha value is -1.98. The Kier molecular flexibility index (Phi) is 3.78. The molecule has 0 saturated carbocycles. The molecular weight excluding hydrogens is 246 g/mol. The zero-order chi connectivity index (χ0) is 14.0. The van der Waals surface area contributed by atoms with Crippen molar-refractivity contribution in [2.75, 3.05) is 13.6 Å². The van der Waals surface area contributed by atoms with Crippen LogP contribution in [0, 0.1) is 6.92 Å². The predicted octanol–water partition coefficient (Wildman–Crippen LogP) is 1.18. The number of amides is 3. The molecular formula is C13H19N3O3. The second kappa shape index (κ2) is 5.34. The fourth-order valence-electron chi connectivity index (χ4n) is 2.14. The highest BCUT2D eigenvalue weighted by atomic mass is 16.3. The van der Waals surface area contributed by atoms with E-state index in [-0.39, 0.29) is 24.0 Å². The molecule has 1 fully saturated rings. The molecule has 1 aliphatic heterocycles. The standard InChI is InChI=1S/C13H19N3O3/c1-8-4-5-11(19-8)9(2)14-13(18)15-10-6-12(17)16(3)7-10/h4-5,9-10H,6-7H2,1-3H3,(H2,14,15,18)/t9-,10+/m1/s1. The van der Waals surface area contributed by atoms with Gasteiger partial charge in [0.1, 0.15) is 11.5 Å². The van der Waals surface area contributed by atoms with Crippen molar-refractivity contribution in [2.45, 2.75) is 32.4 Å². The SMILES string of the molecule is Cc1ccc([C@@H](C)NC(=O)N[C@H]2CC(=O)N(C)C2)o1. The molecule has 6 nitrogen and oxygen atoms in total. The number of carbonyl (C=O) groups is 2. The number of carbonyl (C=O) groups excluding carboxylic acids is 2. The van der Waals surface area contributed by atoms with Crippen LogP contribution in [0.3, 0.4) is 0 Å². The number of hydrogen-bond acceptors (Lipinski definition) is 3. The van der Waals surface area contributed by atoms with Gasteiger partial charge >= 0.3 is 6.03 Å². The maximum absolute atomic E-state index is 11.8. The lowest BCUT2D eigenvalue weighted by Crippen LogP contribution is -2.43. The third kappa shape index (κ3) is 3.27. The lowest BCUT2D eigenvalue weighted by atomic mass is 10.2. The van der Waals surface area contributed by atoms with Gasteiger partial charge in [-0.1, -0.05) is 0 Å². The van der Waals surface area contributed by atoms with E-state index in [9.17, 15) is 9.59 Å².